The minimum absolute atomic E-state index is 0.0588. The fourth-order valence-electron chi connectivity index (χ4n) is 2.44. The number of benzene rings is 1. The minimum atomic E-state index is -1.12. The molecular weight excluding hydrogens is 269 g/mol. The van der Waals surface area contributed by atoms with E-state index >= 15 is 0 Å². The smallest absolute Gasteiger partial charge is 0.310 e. The van der Waals surface area contributed by atoms with E-state index in [2.05, 4.69) is 0 Å². The largest absolute Gasteiger partial charge is 0.481 e. The zero-order chi connectivity index (χ0) is 14.8. The summed E-state index contributed by atoms with van der Waals surface area (Å²) in [6, 6.07) is 3.82. The number of aliphatic carboxylic acids is 1. The molecule has 0 spiro atoms. The van der Waals surface area contributed by atoms with Crippen LogP contribution in [0.1, 0.15) is 18.4 Å². The van der Waals surface area contributed by atoms with Crippen molar-refractivity contribution in [2.24, 2.45) is 5.41 Å². The zero-order valence-corrected chi connectivity index (χ0v) is 10.7. The van der Waals surface area contributed by atoms with E-state index in [4.69, 9.17) is 4.74 Å². The third kappa shape index (κ3) is 2.62. The van der Waals surface area contributed by atoms with Crippen LogP contribution < -0.4 is 0 Å². The molecule has 0 bridgehead atoms. The summed E-state index contributed by atoms with van der Waals surface area (Å²) >= 11 is 0. The predicted octanol–water partition coefficient (Wildman–Crippen LogP) is 2.16. The highest BCUT2D eigenvalue weighted by Gasteiger charge is 2.41. The Morgan fingerprint density at radius 1 is 1.45 bits per heavy atom. The van der Waals surface area contributed by atoms with Crippen LogP contribution in [0.25, 0.3) is 0 Å². The van der Waals surface area contributed by atoms with Crippen molar-refractivity contribution in [3.05, 3.63) is 39.7 Å². The highest BCUT2D eigenvalue weighted by atomic mass is 19.1. The number of halogens is 1. The van der Waals surface area contributed by atoms with Crippen LogP contribution in [0.2, 0.25) is 0 Å². The van der Waals surface area contributed by atoms with Crippen LogP contribution in [-0.4, -0.2) is 29.2 Å². The second-order valence-electron chi connectivity index (χ2n) is 4.88. The average Bonchev–Trinajstić information content (AvgIpc) is 2.41. The molecule has 0 amide bonds. The maximum Gasteiger partial charge on any atom is 0.310 e. The van der Waals surface area contributed by atoms with Crippen molar-refractivity contribution in [3.8, 4) is 0 Å². The van der Waals surface area contributed by atoms with Gasteiger partial charge in [-0.3, -0.25) is 14.9 Å². The molecule has 6 nitrogen and oxygen atoms in total. The average molecular weight is 283 g/mol. The molecule has 0 aromatic heterocycles. The molecule has 1 heterocycles. The van der Waals surface area contributed by atoms with E-state index in [0.717, 1.165) is 6.07 Å². The number of carboxylic acid groups (broad SMARTS) is 1. The van der Waals surface area contributed by atoms with Crippen LogP contribution in [0.4, 0.5) is 10.1 Å². The van der Waals surface area contributed by atoms with Crippen LogP contribution in [0, 0.1) is 21.3 Å². The van der Waals surface area contributed by atoms with Gasteiger partial charge < -0.3 is 9.84 Å². The lowest BCUT2D eigenvalue weighted by Gasteiger charge is -2.33. The third-order valence-corrected chi connectivity index (χ3v) is 3.69. The summed E-state index contributed by atoms with van der Waals surface area (Å²) in [6.07, 6.45) is 0.466. The van der Waals surface area contributed by atoms with Gasteiger partial charge in [0.05, 0.1) is 10.3 Å². The lowest BCUT2D eigenvalue weighted by molar-refractivity contribution is -0.387. The van der Waals surface area contributed by atoms with Gasteiger partial charge in [0, 0.05) is 19.3 Å². The number of rotatable bonds is 4. The Labute approximate surface area is 114 Å². The van der Waals surface area contributed by atoms with Crippen LogP contribution in [0.15, 0.2) is 18.2 Å². The van der Waals surface area contributed by atoms with Crippen LogP contribution in [0.3, 0.4) is 0 Å². The lowest BCUT2D eigenvalue weighted by Crippen LogP contribution is -2.39. The molecule has 1 aromatic rings. The fraction of sp³-hybridized carbons (Fsp3) is 0.462. The summed E-state index contributed by atoms with van der Waals surface area (Å²) in [6.45, 7) is 0.589. The van der Waals surface area contributed by atoms with E-state index in [1.54, 1.807) is 0 Å². The standard InChI is InChI=1S/C13H14FNO5/c14-11-9(2-1-3-10(11)15(18)19)8-13(12(16)17)4-6-20-7-5-13/h1-3H,4-8H2,(H,16,17). The summed E-state index contributed by atoms with van der Waals surface area (Å²) in [5.74, 6) is -1.98. The molecular formula is C13H14FNO5. The maximum absolute atomic E-state index is 14.0. The van der Waals surface area contributed by atoms with Gasteiger partial charge >= 0.3 is 11.7 Å². The second-order valence-corrected chi connectivity index (χ2v) is 4.88. The molecule has 20 heavy (non-hydrogen) atoms. The number of carboxylic acids is 1. The monoisotopic (exact) mass is 283 g/mol. The molecule has 1 fully saturated rings. The van der Waals surface area contributed by atoms with Crippen molar-refractivity contribution >= 4 is 11.7 Å². The molecule has 7 heteroatoms. The van der Waals surface area contributed by atoms with Gasteiger partial charge in [-0.2, -0.15) is 4.39 Å². The molecule has 1 saturated heterocycles. The number of carbonyl (C=O) groups is 1. The summed E-state index contributed by atoms with van der Waals surface area (Å²) in [7, 11) is 0. The van der Waals surface area contributed by atoms with Gasteiger partial charge in [-0.05, 0) is 24.8 Å². The van der Waals surface area contributed by atoms with Gasteiger partial charge in [0.2, 0.25) is 5.82 Å². The van der Waals surface area contributed by atoms with Crippen LogP contribution in [-0.2, 0) is 16.0 Å². The first-order chi connectivity index (χ1) is 9.46. The van der Waals surface area contributed by atoms with E-state index in [9.17, 15) is 24.4 Å². The van der Waals surface area contributed by atoms with Gasteiger partial charge in [-0.15, -0.1) is 0 Å². The molecule has 1 aliphatic rings. The molecule has 2 rings (SSSR count). The topological polar surface area (TPSA) is 89.7 Å². The van der Waals surface area contributed by atoms with Crippen molar-refractivity contribution < 1.29 is 24.0 Å². The minimum Gasteiger partial charge on any atom is -0.481 e. The lowest BCUT2D eigenvalue weighted by atomic mass is 9.75. The number of hydrogen-bond donors (Lipinski definition) is 1. The zero-order valence-electron chi connectivity index (χ0n) is 10.7. The number of hydrogen-bond acceptors (Lipinski definition) is 4. The van der Waals surface area contributed by atoms with Gasteiger partial charge in [-0.25, -0.2) is 0 Å². The Bertz CT molecular complexity index is 540. The molecule has 0 atom stereocenters. The highest BCUT2D eigenvalue weighted by Crippen LogP contribution is 2.36. The first kappa shape index (κ1) is 14.4. The summed E-state index contributed by atoms with van der Waals surface area (Å²) < 4.78 is 19.2. The predicted molar refractivity (Wildman–Crippen MR) is 66.9 cm³/mol. The molecule has 1 N–H and O–H groups in total. The van der Waals surface area contributed by atoms with E-state index in [-0.39, 0.29) is 24.8 Å². The van der Waals surface area contributed by atoms with Crippen molar-refractivity contribution in [1.29, 1.82) is 0 Å². The number of nitro benzene ring substituents is 1. The van der Waals surface area contributed by atoms with Gasteiger partial charge in [0.1, 0.15) is 0 Å². The molecule has 0 aliphatic carbocycles. The van der Waals surface area contributed by atoms with E-state index < -0.39 is 27.8 Å². The van der Waals surface area contributed by atoms with E-state index in [0.29, 0.717) is 13.2 Å². The summed E-state index contributed by atoms with van der Waals surface area (Å²) in [5, 5.41) is 20.1. The molecule has 108 valence electrons. The summed E-state index contributed by atoms with van der Waals surface area (Å²) in [5.41, 5.74) is -1.69. The Morgan fingerprint density at radius 3 is 2.65 bits per heavy atom. The van der Waals surface area contributed by atoms with Crippen molar-refractivity contribution in [3.63, 3.8) is 0 Å². The Morgan fingerprint density at radius 2 is 2.10 bits per heavy atom. The van der Waals surface area contributed by atoms with Gasteiger partial charge in [0.25, 0.3) is 0 Å². The van der Waals surface area contributed by atoms with Crippen molar-refractivity contribution in [2.75, 3.05) is 13.2 Å². The third-order valence-electron chi connectivity index (χ3n) is 3.69. The number of nitro groups is 1. The first-order valence-corrected chi connectivity index (χ1v) is 6.19. The number of nitrogens with zero attached hydrogens (tertiary/aromatic N) is 1. The number of ether oxygens (including phenoxy) is 1. The Hall–Kier alpha value is -2.02. The SMILES string of the molecule is O=C(O)C1(Cc2cccc([N+](=O)[O-])c2F)CCOCC1. The molecule has 0 saturated carbocycles. The quantitative estimate of drug-likeness (QED) is 0.675. The van der Waals surface area contributed by atoms with Crippen molar-refractivity contribution in [1.82, 2.24) is 0 Å². The van der Waals surface area contributed by atoms with E-state index in [1.807, 2.05) is 0 Å². The Balaban J connectivity index is 2.34. The molecule has 1 aliphatic heterocycles. The van der Waals surface area contributed by atoms with Crippen LogP contribution >= 0.6 is 0 Å². The normalized spacial score (nSPS) is 17.6. The fourth-order valence-corrected chi connectivity index (χ4v) is 2.44. The second kappa shape index (κ2) is 5.54. The van der Waals surface area contributed by atoms with E-state index in [1.165, 1.54) is 12.1 Å². The summed E-state index contributed by atoms with van der Waals surface area (Å²) in [4.78, 5) is 21.4. The van der Waals surface area contributed by atoms with Gasteiger partial charge in [-0.1, -0.05) is 12.1 Å². The Kier molecular flexibility index (Phi) is 3.99. The van der Waals surface area contributed by atoms with Crippen molar-refractivity contribution in [2.45, 2.75) is 19.3 Å². The maximum atomic E-state index is 14.0. The molecule has 1 aromatic carbocycles. The first-order valence-electron chi connectivity index (χ1n) is 6.19. The highest BCUT2D eigenvalue weighted by molar-refractivity contribution is 5.75. The van der Waals surface area contributed by atoms with Gasteiger partial charge in [0.15, 0.2) is 0 Å². The van der Waals surface area contributed by atoms with Crippen LogP contribution in [0.5, 0.6) is 0 Å². The molecule has 0 unspecified atom stereocenters. The molecule has 0 radical (unpaired) electrons.